The highest BCUT2D eigenvalue weighted by atomic mass is 32.2. The number of nitrogens with zero attached hydrogens (tertiary/aromatic N) is 3. The monoisotopic (exact) mass is 478 g/mol. The maximum absolute atomic E-state index is 12.3. The Morgan fingerprint density at radius 1 is 1.03 bits per heavy atom. The third-order valence-corrected chi connectivity index (χ3v) is 6.48. The molecule has 0 fully saturated rings. The van der Waals surface area contributed by atoms with Gasteiger partial charge in [0.15, 0.2) is 22.5 Å². The number of ether oxygens (including phenoxy) is 2. The van der Waals surface area contributed by atoms with E-state index in [1.165, 1.54) is 11.8 Å². The van der Waals surface area contributed by atoms with E-state index in [0.29, 0.717) is 41.0 Å². The molecule has 34 heavy (non-hydrogen) atoms. The van der Waals surface area contributed by atoms with Gasteiger partial charge >= 0.3 is 0 Å². The molecular formula is C25H26N4O4S. The molecule has 1 heterocycles. The molecule has 4 aromatic rings. The molecule has 0 unspecified atom stereocenters. The number of phenols is 1. The average Bonchev–Trinajstić information content (AvgIpc) is 3.22. The van der Waals surface area contributed by atoms with Crippen LogP contribution in [0.15, 0.2) is 59.8 Å². The fraction of sp³-hybridized carbons (Fsp3) is 0.240. The number of hydrogen-bond donors (Lipinski definition) is 2. The quantitative estimate of drug-likeness (QED) is 0.353. The minimum absolute atomic E-state index is 0.0939. The Morgan fingerprint density at radius 3 is 2.50 bits per heavy atom. The molecule has 0 bridgehead atoms. The normalized spacial score (nSPS) is 10.9. The summed E-state index contributed by atoms with van der Waals surface area (Å²) < 4.78 is 12.4. The first-order valence-electron chi connectivity index (χ1n) is 10.7. The predicted octanol–water partition coefficient (Wildman–Crippen LogP) is 3.81. The molecule has 0 saturated heterocycles. The van der Waals surface area contributed by atoms with Crippen molar-refractivity contribution < 1.29 is 19.4 Å². The summed E-state index contributed by atoms with van der Waals surface area (Å²) in [6.07, 6.45) is 0.673. The maximum atomic E-state index is 12.3. The Hall–Kier alpha value is -3.72. The molecule has 0 aliphatic heterocycles. The second-order valence-corrected chi connectivity index (χ2v) is 8.60. The summed E-state index contributed by atoms with van der Waals surface area (Å²) in [5.74, 6) is 2.13. The third kappa shape index (κ3) is 5.09. The van der Waals surface area contributed by atoms with Gasteiger partial charge in [-0.05, 0) is 47.0 Å². The van der Waals surface area contributed by atoms with E-state index in [2.05, 4.69) is 15.5 Å². The van der Waals surface area contributed by atoms with Crippen LogP contribution in [0.4, 0.5) is 0 Å². The molecule has 2 N–H and O–H groups in total. The fourth-order valence-corrected chi connectivity index (χ4v) is 4.39. The van der Waals surface area contributed by atoms with Gasteiger partial charge in [0.2, 0.25) is 5.91 Å². The number of carbonyl (C=O) groups is 1. The number of benzene rings is 3. The van der Waals surface area contributed by atoms with Crippen LogP contribution >= 0.6 is 11.8 Å². The van der Waals surface area contributed by atoms with Crippen molar-refractivity contribution in [2.24, 2.45) is 7.05 Å². The van der Waals surface area contributed by atoms with Crippen molar-refractivity contribution in [2.75, 3.05) is 26.5 Å². The van der Waals surface area contributed by atoms with Gasteiger partial charge in [0.1, 0.15) is 5.75 Å². The number of hydrogen-bond acceptors (Lipinski definition) is 7. The molecule has 1 amide bonds. The molecule has 0 radical (unpaired) electrons. The van der Waals surface area contributed by atoms with Crippen LogP contribution in [0.2, 0.25) is 0 Å². The predicted molar refractivity (Wildman–Crippen MR) is 133 cm³/mol. The maximum Gasteiger partial charge on any atom is 0.230 e. The summed E-state index contributed by atoms with van der Waals surface area (Å²) in [7, 11) is 5.02. The van der Waals surface area contributed by atoms with Crippen molar-refractivity contribution in [1.29, 1.82) is 0 Å². The summed E-state index contributed by atoms with van der Waals surface area (Å²) in [5.41, 5.74) is 1.64. The van der Waals surface area contributed by atoms with E-state index in [0.717, 1.165) is 16.3 Å². The Bertz CT molecular complexity index is 1320. The molecule has 0 saturated carbocycles. The number of aromatic hydroxyl groups is 1. The largest absolute Gasteiger partial charge is 0.507 e. The Morgan fingerprint density at radius 2 is 1.76 bits per heavy atom. The van der Waals surface area contributed by atoms with E-state index in [1.807, 2.05) is 55.6 Å². The number of thioether (sulfide) groups is 1. The van der Waals surface area contributed by atoms with Crippen LogP contribution in [0.1, 0.15) is 5.56 Å². The van der Waals surface area contributed by atoms with Crippen LogP contribution < -0.4 is 14.8 Å². The van der Waals surface area contributed by atoms with Gasteiger partial charge in [-0.1, -0.05) is 42.1 Å². The van der Waals surface area contributed by atoms with Crippen molar-refractivity contribution in [2.45, 2.75) is 11.6 Å². The molecule has 8 nitrogen and oxygen atoms in total. The van der Waals surface area contributed by atoms with Crippen molar-refractivity contribution in [3.63, 3.8) is 0 Å². The number of fused-ring (bicyclic) bond motifs is 1. The second kappa shape index (κ2) is 10.5. The van der Waals surface area contributed by atoms with Crippen molar-refractivity contribution in [3.8, 4) is 28.6 Å². The lowest BCUT2D eigenvalue weighted by Crippen LogP contribution is -2.27. The fourth-order valence-electron chi connectivity index (χ4n) is 3.65. The smallest absolute Gasteiger partial charge is 0.230 e. The third-order valence-electron chi connectivity index (χ3n) is 5.46. The summed E-state index contributed by atoms with van der Waals surface area (Å²) in [6.45, 7) is 0.504. The summed E-state index contributed by atoms with van der Waals surface area (Å²) >= 11 is 1.30. The lowest BCUT2D eigenvalue weighted by Gasteiger charge is -2.10. The number of carbonyl (C=O) groups excluding carboxylic acids is 1. The number of nitrogens with one attached hydrogen (secondary N) is 1. The molecule has 0 spiro atoms. The highest BCUT2D eigenvalue weighted by Crippen LogP contribution is 2.33. The van der Waals surface area contributed by atoms with Crippen LogP contribution in [-0.2, 0) is 18.3 Å². The van der Waals surface area contributed by atoms with Gasteiger partial charge in [-0.3, -0.25) is 4.79 Å². The number of phenolic OH excluding ortho intramolecular Hbond substituents is 1. The van der Waals surface area contributed by atoms with Gasteiger partial charge in [-0.15, -0.1) is 10.2 Å². The number of amides is 1. The van der Waals surface area contributed by atoms with Gasteiger partial charge in [-0.25, -0.2) is 0 Å². The molecule has 0 atom stereocenters. The van der Waals surface area contributed by atoms with Crippen LogP contribution in [0, 0.1) is 0 Å². The van der Waals surface area contributed by atoms with E-state index in [1.54, 1.807) is 24.9 Å². The minimum atomic E-state index is -0.0939. The standard InChI is InChI=1S/C25H26N4O4S/c1-29-24(19-13-17-6-4-5-7-18(17)14-20(19)30)27-28-25(29)34-15-23(31)26-11-10-16-8-9-21(32-2)22(12-16)33-3/h4-9,12-14,30H,10-11,15H2,1-3H3,(H,26,31). The first-order valence-corrected chi connectivity index (χ1v) is 11.7. The molecule has 3 aromatic carbocycles. The van der Waals surface area contributed by atoms with Gasteiger partial charge in [0.25, 0.3) is 0 Å². The van der Waals surface area contributed by atoms with Crippen LogP contribution in [0.3, 0.4) is 0 Å². The second-order valence-electron chi connectivity index (χ2n) is 7.66. The molecule has 176 valence electrons. The Kier molecular flexibility index (Phi) is 7.22. The number of rotatable bonds is 9. The molecular weight excluding hydrogens is 452 g/mol. The molecule has 0 aliphatic rings. The van der Waals surface area contributed by atoms with E-state index in [9.17, 15) is 9.90 Å². The van der Waals surface area contributed by atoms with Crippen molar-refractivity contribution in [1.82, 2.24) is 20.1 Å². The first kappa shape index (κ1) is 23.4. The lowest BCUT2D eigenvalue weighted by atomic mass is 10.1. The van der Waals surface area contributed by atoms with Gasteiger partial charge in [0, 0.05) is 13.6 Å². The van der Waals surface area contributed by atoms with Gasteiger partial charge in [-0.2, -0.15) is 0 Å². The number of aromatic nitrogens is 3. The average molecular weight is 479 g/mol. The lowest BCUT2D eigenvalue weighted by molar-refractivity contribution is -0.118. The SMILES string of the molecule is COc1ccc(CCNC(=O)CSc2nnc(-c3cc4ccccc4cc3O)n2C)cc1OC. The summed E-state index contributed by atoms with van der Waals surface area (Å²) in [5, 5.41) is 24.4. The van der Waals surface area contributed by atoms with E-state index in [-0.39, 0.29) is 17.4 Å². The molecule has 1 aromatic heterocycles. The van der Waals surface area contributed by atoms with E-state index in [4.69, 9.17) is 9.47 Å². The number of methoxy groups -OCH3 is 2. The molecule has 9 heteroatoms. The summed E-state index contributed by atoms with van der Waals surface area (Å²) in [4.78, 5) is 12.3. The van der Waals surface area contributed by atoms with Crippen LogP contribution in [0.5, 0.6) is 17.2 Å². The minimum Gasteiger partial charge on any atom is -0.507 e. The van der Waals surface area contributed by atoms with Crippen LogP contribution in [0.25, 0.3) is 22.2 Å². The highest BCUT2D eigenvalue weighted by Gasteiger charge is 2.16. The molecule has 0 aliphatic carbocycles. The first-order chi connectivity index (χ1) is 16.5. The van der Waals surface area contributed by atoms with Crippen LogP contribution in [-0.4, -0.2) is 52.3 Å². The Balaban J connectivity index is 1.34. The molecule has 4 rings (SSSR count). The highest BCUT2D eigenvalue weighted by molar-refractivity contribution is 7.99. The van der Waals surface area contributed by atoms with Crippen molar-refractivity contribution in [3.05, 3.63) is 60.2 Å². The zero-order valence-electron chi connectivity index (χ0n) is 19.2. The Labute approximate surface area is 201 Å². The van der Waals surface area contributed by atoms with E-state index >= 15 is 0 Å². The van der Waals surface area contributed by atoms with E-state index < -0.39 is 0 Å². The summed E-state index contributed by atoms with van der Waals surface area (Å²) in [6, 6.07) is 17.1. The van der Waals surface area contributed by atoms with Gasteiger partial charge < -0.3 is 24.5 Å². The zero-order valence-corrected chi connectivity index (χ0v) is 20.1. The van der Waals surface area contributed by atoms with Gasteiger partial charge in [0.05, 0.1) is 25.5 Å². The van der Waals surface area contributed by atoms with Crippen molar-refractivity contribution >= 4 is 28.4 Å². The topological polar surface area (TPSA) is 98.5 Å². The zero-order chi connectivity index (χ0) is 24.1.